The number of benzene rings is 1. The number of hydrogen-bond acceptors (Lipinski definition) is 5. The van der Waals surface area contributed by atoms with Crippen molar-refractivity contribution in [2.75, 3.05) is 33.4 Å². The highest BCUT2D eigenvalue weighted by Crippen LogP contribution is 2.25. The second-order valence-electron chi connectivity index (χ2n) is 4.88. The minimum absolute atomic E-state index is 0.0379. The Morgan fingerprint density at radius 2 is 2.14 bits per heavy atom. The summed E-state index contributed by atoms with van der Waals surface area (Å²) in [5.41, 5.74) is 6.55. The van der Waals surface area contributed by atoms with Crippen molar-refractivity contribution in [2.24, 2.45) is 5.73 Å². The van der Waals surface area contributed by atoms with E-state index in [1.54, 1.807) is 25.0 Å². The molecule has 1 aromatic rings. The van der Waals surface area contributed by atoms with E-state index in [2.05, 4.69) is 0 Å². The van der Waals surface area contributed by atoms with Gasteiger partial charge in [0, 0.05) is 31.3 Å². The molecule has 6 nitrogen and oxygen atoms in total. The summed E-state index contributed by atoms with van der Waals surface area (Å²) in [6, 6.07) is 5.43. The van der Waals surface area contributed by atoms with Gasteiger partial charge in [-0.1, -0.05) is 6.07 Å². The summed E-state index contributed by atoms with van der Waals surface area (Å²) in [5.74, 6) is 1.23. The number of nitrogens with two attached hydrogens (primary N) is 1. The Morgan fingerprint density at radius 1 is 1.43 bits per heavy atom. The first-order valence-corrected chi connectivity index (χ1v) is 7.06. The van der Waals surface area contributed by atoms with Gasteiger partial charge in [-0.15, -0.1) is 0 Å². The van der Waals surface area contributed by atoms with Crippen LogP contribution in [0.4, 0.5) is 0 Å². The number of carbonyl (C=O) groups is 1. The normalized spacial score (nSPS) is 16.4. The van der Waals surface area contributed by atoms with Crippen molar-refractivity contribution < 1.29 is 19.0 Å². The first kappa shape index (κ1) is 15.6. The van der Waals surface area contributed by atoms with E-state index in [0.29, 0.717) is 44.3 Å². The van der Waals surface area contributed by atoms with Gasteiger partial charge in [0.2, 0.25) is 0 Å². The fourth-order valence-electron chi connectivity index (χ4n) is 2.22. The van der Waals surface area contributed by atoms with Gasteiger partial charge in [0.15, 0.2) is 6.10 Å². The fraction of sp³-hybridized carbons (Fsp3) is 0.533. The van der Waals surface area contributed by atoms with Crippen LogP contribution in [0.2, 0.25) is 0 Å². The molecule has 1 heterocycles. The molecule has 1 aliphatic rings. The van der Waals surface area contributed by atoms with E-state index in [9.17, 15) is 4.79 Å². The molecule has 2 N–H and O–H groups in total. The van der Waals surface area contributed by atoms with Crippen molar-refractivity contribution in [1.82, 2.24) is 4.90 Å². The third kappa shape index (κ3) is 3.86. The molecule has 1 aliphatic heterocycles. The van der Waals surface area contributed by atoms with Crippen LogP contribution in [0.15, 0.2) is 18.2 Å². The Morgan fingerprint density at radius 3 is 2.76 bits per heavy atom. The van der Waals surface area contributed by atoms with Crippen LogP contribution < -0.4 is 15.2 Å². The summed E-state index contributed by atoms with van der Waals surface area (Å²) in [5, 5.41) is 0. The van der Waals surface area contributed by atoms with Crippen molar-refractivity contribution >= 4 is 5.91 Å². The van der Waals surface area contributed by atoms with Crippen LogP contribution in [-0.2, 0) is 16.1 Å². The molecule has 0 saturated carbocycles. The molecule has 0 aromatic heterocycles. The molecule has 0 bridgehead atoms. The summed E-state index contributed by atoms with van der Waals surface area (Å²) in [6.07, 6.45) is -0.569. The van der Waals surface area contributed by atoms with Crippen LogP contribution in [0.25, 0.3) is 0 Å². The standard InChI is InChI=1S/C15H22N2O4/c1-11(15(18)17-5-7-20-8-6-17)21-14-9-13(19-2)4-3-12(14)10-16/h3-4,9,11H,5-8,10,16H2,1-2H3. The SMILES string of the molecule is COc1ccc(CN)c(OC(C)C(=O)N2CCOCC2)c1. The van der Waals surface area contributed by atoms with Crippen LogP contribution in [0.1, 0.15) is 12.5 Å². The van der Waals surface area contributed by atoms with Crippen molar-refractivity contribution in [1.29, 1.82) is 0 Å². The molecule has 1 atom stereocenters. The zero-order valence-corrected chi connectivity index (χ0v) is 12.5. The number of hydrogen-bond donors (Lipinski definition) is 1. The van der Waals surface area contributed by atoms with E-state index in [-0.39, 0.29) is 5.91 Å². The van der Waals surface area contributed by atoms with E-state index < -0.39 is 6.10 Å². The quantitative estimate of drug-likeness (QED) is 0.868. The molecule has 1 saturated heterocycles. The number of methoxy groups -OCH3 is 1. The van der Waals surface area contributed by atoms with Gasteiger partial charge in [0.25, 0.3) is 5.91 Å². The molecule has 2 rings (SSSR count). The lowest BCUT2D eigenvalue weighted by molar-refractivity contribution is -0.142. The first-order valence-electron chi connectivity index (χ1n) is 7.06. The number of rotatable bonds is 5. The first-order chi connectivity index (χ1) is 10.2. The van der Waals surface area contributed by atoms with E-state index in [1.807, 2.05) is 12.1 Å². The molecular weight excluding hydrogens is 272 g/mol. The maximum Gasteiger partial charge on any atom is 0.263 e. The minimum Gasteiger partial charge on any atom is -0.497 e. The van der Waals surface area contributed by atoms with Crippen molar-refractivity contribution in [3.8, 4) is 11.5 Å². The van der Waals surface area contributed by atoms with Gasteiger partial charge < -0.3 is 24.8 Å². The topological polar surface area (TPSA) is 74.0 Å². The Hall–Kier alpha value is -1.79. The maximum absolute atomic E-state index is 12.3. The molecular formula is C15H22N2O4. The molecule has 116 valence electrons. The molecule has 1 amide bonds. The molecule has 1 aromatic carbocycles. The molecule has 1 fully saturated rings. The maximum atomic E-state index is 12.3. The highest BCUT2D eigenvalue weighted by atomic mass is 16.5. The van der Waals surface area contributed by atoms with E-state index in [0.717, 1.165) is 5.56 Å². The zero-order valence-electron chi connectivity index (χ0n) is 12.5. The van der Waals surface area contributed by atoms with Crippen LogP contribution >= 0.6 is 0 Å². The summed E-state index contributed by atoms with van der Waals surface area (Å²) in [7, 11) is 1.59. The second kappa shape index (κ2) is 7.28. The highest BCUT2D eigenvalue weighted by molar-refractivity contribution is 5.81. The third-order valence-corrected chi connectivity index (χ3v) is 3.47. The largest absolute Gasteiger partial charge is 0.497 e. The predicted octanol–water partition coefficient (Wildman–Crippen LogP) is 0.780. The molecule has 1 unspecified atom stereocenters. The molecule has 21 heavy (non-hydrogen) atoms. The van der Waals surface area contributed by atoms with Crippen LogP contribution in [0.5, 0.6) is 11.5 Å². The monoisotopic (exact) mass is 294 g/mol. The lowest BCUT2D eigenvalue weighted by Gasteiger charge is -2.29. The number of ether oxygens (including phenoxy) is 3. The van der Waals surface area contributed by atoms with Gasteiger partial charge in [0.1, 0.15) is 11.5 Å². The Labute approximate surface area is 124 Å². The smallest absolute Gasteiger partial charge is 0.263 e. The number of amides is 1. The summed E-state index contributed by atoms with van der Waals surface area (Å²) >= 11 is 0. The number of nitrogens with zero attached hydrogens (tertiary/aromatic N) is 1. The number of carbonyl (C=O) groups excluding carboxylic acids is 1. The Kier molecular flexibility index (Phi) is 5.41. The van der Waals surface area contributed by atoms with Gasteiger partial charge in [-0.3, -0.25) is 4.79 Å². The summed E-state index contributed by atoms with van der Waals surface area (Å²) in [6.45, 7) is 4.45. The lowest BCUT2D eigenvalue weighted by atomic mass is 10.2. The Bertz CT molecular complexity index is 487. The van der Waals surface area contributed by atoms with Crippen molar-refractivity contribution in [3.63, 3.8) is 0 Å². The average Bonchev–Trinajstić information content (AvgIpc) is 2.54. The summed E-state index contributed by atoms with van der Waals surface area (Å²) in [4.78, 5) is 14.1. The highest BCUT2D eigenvalue weighted by Gasteiger charge is 2.24. The van der Waals surface area contributed by atoms with Crippen molar-refractivity contribution in [3.05, 3.63) is 23.8 Å². The third-order valence-electron chi connectivity index (χ3n) is 3.47. The molecule has 0 spiro atoms. The van der Waals surface area contributed by atoms with E-state index >= 15 is 0 Å². The van der Waals surface area contributed by atoms with Crippen LogP contribution in [0.3, 0.4) is 0 Å². The second-order valence-corrected chi connectivity index (χ2v) is 4.88. The average molecular weight is 294 g/mol. The van der Waals surface area contributed by atoms with E-state index in [1.165, 1.54) is 0 Å². The lowest BCUT2D eigenvalue weighted by Crippen LogP contribution is -2.46. The van der Waals surface area contributed by atoms with Gasteiger partial charge in [-0.2, -0.15) is 0 Å². The minimum atomic E-state index is -0.569. The molecule has 6 heteroatoms. The van der Waals surface area contributed by atoms with Crippen LogP contribution in [0, 0.1) is 0 Å². The van der Waals surface area contributed by atoms with E-state index in [4.69, 9.17) is 19.9 Å². The molecule has 0 radical (unpaired) electrons. The Balaban J connectivity index is 2.07. The van der Waals surface area contributed by atoms with Crippen LogP contribution in [-0.4, -0.2) is 50.3 Å². The van der Waals surface area contributed by atoms with Gasteiger partial charge in [0.05, 0.1) is 20.3 Å². The predicted molar refractivity (Wildman–Crippen MR) is 78.4 cm³/mol. The number of morpholine rings is 1. The molecule has 0 aliphatic carbocycles. The van der Waals surface area contributed by atoms with Gasteiger partial charge in [-0.05, 0) is 13.0 Å². The summed E-state index contributed by atoms with van der Waals surface area (Å²) < 4.78 is 16.2. The van der Waals surface area contributed by atoms with Gasteiger partial charge >= 0.3 is 0 Å². The van der Waals surface area contributed by atoms with Crippen molar-refractivity contribution in [2.45, 2.75) is 19.6 Å². The fourth-order valence-corrected chi connectivity index (χ4v) is 2.22. The zero-order chi connectivity index (χ0) is 15.2. The van der Waals surface area contributed by atoms with Gasteiger partial charge in [-0.25, -0.2) is 0 Å².